The number of hydrogen-bond acceptors (Lipinski definition) is 5. The summed E-state index contributed by atoms with van der Waals surface area (Å²) in [7, 11) is 0. The molecule has 0 saturated carbocycles. The van der Waals surface area contributed by atoms with Crippen LogP contribution in [-0.4, -0.2) is 27.0 Å². The second-order valence-electron chi connectivity index (χ2n) is 6.44. The maximum Gasteiger partial charge on any atom is 0.283 e. The van der Waals surface area contributed by atoms with E-state index in [9.17, 15) is 4.79 Å². The summed E-state index contributed by atoms with van der Waals surface area (Å²) in [5, 5.41) is 16.5. The Morgan fingerprint density at radius 3 is 2.86 bits per heavy atom. The van der Waals surface area contributed by atoms with Crippen LogP contribution >= 0.6 is 35.0 Å². The van der Waals surface area contributed by atoms with Gasteiger partial charge in [-0.3, -0.25) is 10.2 Å². The molecule has 4 rings (SSSR count). The standard InChI is InChI=1S/C20H16Cl2N4O2S/c1-2-3-4-17-25-26-18(23)14(19(27)24-20(26)29-17)10-12-6-8-16(28-12)13-7-5-11(21)9-15(13)22/h5-10,23H,2-4H2,1H3/b14-10+,23-18?. The number of hydrogen-bond donors (Lipinski definition) is 1. The minimum atomic E-state index is -0.483. The van der Waals surface area contributed by atoms with E-state index in [0.29, 0.717) is 32.3 Å². The zero-order chi connectivity index (χ0) is 20.5. The summed E-state index contributed by atoms with van der Waals surface area (Å²) >= 11 is 13.5. The fourth-order valence-corrected chi connectivity index (χ4v) is 4.30. The highest BCUT2D eigenvalue weighted by molar-refractivity contribution is 8.26. The Morgan fingerprint density at radius 1 is 1.28 bits per heavy atom. The van der Waals surface area contributed by atoms with Gasteiger partial charge in [-0.25, -0.2) is 0 Å². The summed E-state index contributed by atoms with van der Waals surface area (Å²) in [6, 6.07) is 8.58. The Bertz CT molecular complexity index is 1100. The number of hydrazone groups is 1. The van der Waals surface area contributed by atoms with Crippen molar-refractivity contribution in [2.45, 2.75) is 26.2 Å². The van der Waals surface area contributed by atoms with Crippen LogP contribution in [0.4, 0.5) is 0 Å². The molecular weight excluding hydrogens is 431 g/mol. The predicted molar refractivity (Wildman–Crippen MR) is 119 cm³/mol. The Morgan fingerprint density at radius 2 is 2.10 bits per heavy atom. The molecule has 148 valence electrons. The minimum Gasteiger partial charge on any atom is -0.457 e. The van der Waals surface area contributed by atoms with Crippen LogP contribution in [0.2, 0.25) is 10.0 Å². The van der Waals surface area contributed by atoms with E-state index in [0.717, 1.165) is 24.3 Å². The Labute approximate surface area is 181 Å². The number of nitrogens with one attached hydrogen (secondary N) is 1. The molecule has 0 radical (unpaired) electrons. The number of unbranched alkanes of at least 4 members (excludes halogenated alkanes) is 1. The third-order valence-electron chi connectivity index (χ3n) is 4.35. The van der Waals surface area contributed by atoms with Crippen molar-refractivity contribution in [3.8, 4) is 11.3 Å². The molecule has 2 aliphatic heterocycles. The van der Waals surface area contributed by atoms with E-state index in [1.54, 1.807) is 30.3 Å². The molecule has 0 bridgehead atoms. The number of halogens is 2. The van der Waals surface area contributed by atoms with E-state index in [1.807, 2.05) is 0 Å². The number of carbonyl (C=O) groups excluding carboxylic acids is 1. The molecule has 2 aliphatic rings. The first-order valence-electron chi connectivity index (χ1n) is 9.00. The smallest absolute Gasteiger partial charge is 0.283 e. The maximum atomic E-state index is 12.5. The highest BCUT2D eigenvalue weighted by Gasteiger charge is 2.35. The average Bonchev–Trinajstić information content (AvgIpc) is 3.30. The zero-order valence-corrected chi connectivity index (χ0v) is 17.7. The average molecular weight is 447 g/mol. The highest BCUT2D eigenvalue weighted by Crippen LogP contribution is 2.33. The van der Waals surface area contributed by atoms with Gasteiger partial charge >= 0.3 is 0 Å². The summed E-state index contributed by atoms with van der Waals surface area (Å²) in [6.45, 7) is 2.10. The molecule has 2 aromatic rings. The number of fused-ring (bicyclic) bond motifs is 1. The lowest BCUT2D eigenvalue weighted by atomic mass is 10.1. The third-order valence-corrected chi connectivity index (χ3v) is 5.87. The van der Waals surface area contributed by atoms with Crippen molar-refractivity contribution >= 4 is 63.0 Å². The maximum absolute atomic E-state index is 12.5. The number of thioether (sulfide) groups is 1. The number of aliphatic imine (C=N–C) groups is 1. The molecule has 0 spiro atoms. The molecule has 1 amide bonds. The summed E-state index contributed by atoms with van der Waals surface area (Å²) in [5.41, 5.74) is 0.810. The zero-order valence-electron chi connectivity index (χ0n) is 15.4. The van der Waals surface area contributed by atoms with Crippen molar-refractivity contribution in [1.82, 2.24) is 5.01 Å². The van der Waals surface area contributed by atoms with Gasteiger partial charge in [0.05, 0.1) is 10.6 Å². The van der Waals surface area contributed by atoms with Crippen LogP contribution < -0.4 is 0 Å². The van der Waals surface area contributed by atoms with Gasteiger partial charge in [0.25, 0.3) is 5.91 Å². The van der Waals surface area contributed by atoms with Crippen LogP contribution in [0.1, 0.15) is 31.9 Å². The normalized spacial score (nSPS) is 17.6. The monoisotopic (exact) mass is 446 g/mol. The van der Waals surface area contributed by atoms with Gasteiger partial charge in [0.1, 0.15) is 16.6 Å². The Hall–Kier alpha value is -2.35. The van der Waals surface area contributed by atoms with Crippen LogP contribution in [-0.2, 0) is 4.79 Å². The number of nitrogens with zero attached hydrogens (tertiary/aromatic N) is 3. The van der Waals surface area contributed by atoms with E-state index >= 15 is 0 Å². The van der Waals surface area contributed by atoms with E-state index in [4.69, 9.17) is 33.0 Å². The largest absolute Gasteiger partial charge is 0.457 e. The molecule has 3 heterocycles. The van der Waals surface area contributed by atoms with Gasteiger partial charge < -0.3 is 4.42 Å². The van der Waals surface area contributed by atoms with Gasteiger partial charge in [-0.1, -0.05) is 36.5 Å². The second kappa shape index (κ2) is 8.18. The van der Waals surface area contributed by atoms with E-state index < -0.39 is 5.91 Å². The summed E-state index contributed by atoms with van der Waals surface area (Å²) in [5.74, 6) is 0.457. The van der Waals surface area contributed by atoms with Crippen molar-refractivity contribution in [2.75, 3.05) is 0 Å². The van der Waals surface area contributed by atoms with Gasteiger partial charge in [0.2, 0.25) is 5.17 Å². The number of carbonyl (C=O) groups is 1. The first-order valence-corrected chi connectivity index (χ1v) is 10.6. The second-order valence-corrected chi connectivity index (χ2v) is 8.33. The lowest BCUT2D eigenvalue weighted by Crippen LogP contribution is -2.35. The van der Waals surface area contributed by atoms with Crippen molar-refractivity contribution in [2.24, 2.45) is 10.1 Å². The van der Waals surface area contributed by atoms with Gasteiger partial charge in [0.15, 0.2) is 5.84 Å². The molecule has 1 aromatic heterocycles. The van der Waals surface area contributed by atoms with Crippen LogP contribution in [0.25, 0.3) is 17.4 Å². The molecule has 29 heavy (non-hydrogen) atoms. The van der Waals surface area contributed by atoms with Gasteiger partial charge in [-0.05, 0) is 61.0 Å². The van der Waals surface area contributed by atoms with Crippen molar-refractivity contribution in [3.63, 3.8) is 0 Å². The number of benzene rings is 1. The van der Waals surface area contributed by atoms with Crippen LogP contribution in [0.3, 0.4) is 0 Å². The fraction of sp³-hybridized carbons (Fsp3) is 0.200. The third kappa shape index (κ3) is 4.03. The molecule has 0 unspecified atom stereocenters. The van der Waals surface area contributed by atoms with Crippen molar-refractivity contribution < 1.29 is 9.21 Å². The molecule has 6 nitrogen and oxygen atoms in total. The highest BCUT2D eigenvalue weighted by atomic mass is 35.5. The number of amidine groups is 2. The topological polar surface area (TPSA) is 82.0 Å². The van der Waals surface area contributed by atoms with Crippen LogP contribution in [0, 0.1) is 5.41 Å². The minimum absolute atomic E-state index is 0.0125. The van der Waals surface area contributed by atoms with Gasteiger partial charge in [0, 0.05) is 10.6 Å². The van der Waals surface area contributed by atoms with Gasteiger partial charge in [-0.15, -0.1) is 0 Å². The molecule has 0 fully saturated rings. The summed E-state index contributed by atoms with van der Waals surface area (Å²) in [4.78, 5) is 16.6. The molecule has 0 aliphatic carbocycles. The Kier molecular flexibility index (Phi) is 5.63. The molecule has 0 atom stereocenters. The van der Waals surface area contributed by atoms with Crippen molar-refractivity contribution in [1.29, 1.82) is 5.41 Å². The van der Waals surface area contributed by atoms with E-state index in [2.05, 4.69) is 17.0 Å². The quantitative estimate of drug-likeness (QED) is 0.565. The predicted octanol–water partition coefficient (Wildman–Crippen LogP) is 6.06. The SMILES string of the molecule is CCCCC1=NN2C(=N)/C(=C\c3ccc(-c4ccc(Cl)cc4Cl)o3)C(=O)N=C2S1. The van der Waals surface area contributed by atoms with Crippen molar-refractivity contribution in [3.05, 3.63) is 51.7 Å². The van der Waals surface area contributed by atoms with Crippen LogP contribution in [0.5, 0.6) is 0 Å². The summed E-state index contributed by atoms with van der Waals surface area (Å²) in [6.07, 6.45) is 4.36. The number of rotatable bonds is 5. The van der Waals surface area contributed by atoms with Crippen LogP contribution in [0.15, 0.2) is 50.4 Å². The lowest BCUT2D eigenvalue weighted by Gasteiger charge is -2.19. The number of amides is 1. The fourth-order valence-electron chi connectivity index (χ4n) is 2.87. The molecule has 1 N–H and O–H groups in total. The first-order chi connectivity index (χ1) is 14.0. The van der Waals surface area contributed by atoms with Gasteiger partial charge in [-0.2, -0.15) is 15.1 Å². The number of furan rings is 1. The summed E-state index contributed by atoms with van der Waals surface area (Å²) < 4.78 is 5.81. The molecule has 9 heteroatoms. The molecule has 1 aromatic carbocycles. The molecule has 0 saturated heterocycles. The Balaban J connectivity index is 1.61. The first kappa shape index (κ1) is 19.9. The lowest BCUT2D eigenvalue weighted by molar-refractivity contribution is -0.114. The van der Waals surface area contributed by atoms with E-state index in [-0.39, 0.29) is 11.4 Å². The van der Waals surface area contributed by atoms with E-state index in [1.165, 1.54) is 22.8 Å². The molecular formula is C20H16Cl2N4O2S.